The number of para-hydroxylation sites is 1. The van der Waals surface area contributed by atoms with Crippen LogP contribution >= 0.6 is 11.3 Å². The largest absolute Gasteiger partial charge is 0.459 e. The molecule has 0 unspecified atom stereocenters. The van der Waals surface area contributed by atoms with Gasteiger partial charge in [-0.05, 0) is 43.0 Å². The smallest absolute Gasteiger partial charge is 0.311 e. The summed E-state index contributed by atoms with van der Waals surface area (Å²) in [5.74, 6) is -0.516. The zero-order chi connectivity index (χ0) is 23.4. The first kappa shape index (κ1) is 23.0. The normalized spacial score (nSPS) is 16.6. The maximum atomic E-state index is 12.7. The summed E-state index contributed by atoms with van der Waals surface area (Å²) in [6.45, 7) is 6.78. The van der Waals surface area contributed by atoms with Gasteiger partial charge in [-0.15, -0.1) is 11.3 Å². The molecule has 172 valence electrons. The molecular formula is C26H29N3O3S. The second-order valence-corrected chi connectivity index (χ2v) is 9.37. The first-order valence-corrected chi connectivity index (χ1v) is 12.2. The number of rotatable bonds is 8. The average Bonchev–Trinajstić information content (AvgIpc) is 3.44. The Bertz CT molecular complexity index is 1130. The molecule has 33 heavy (non-hydrogen) atoms. The molecule has 2 atom stereocenters. The molecule has 6 nitrogen and oxygen atoms in total. The highest BCUT2D eigenvalue weighted by Gasteiger charge is 2.37. The number of anilines is 3. The fourth-order valence-corrected chi connectivity index (χ4v) is 4.64. The maximum Gasteiger partial charge on any atom is 0.311 e. The number of nitrogens with one attached hydrogen (secondary N) is 1. The lowest BCUT2D eigenvalue weighted by Gasteiger charge is -2.23. The Morgan fingerprint density at radius 2 is 2.00 bits per heavy atom. The van der Waals surface area contributed by atoms with Gasteiger partial charge >= 0.3 is 5.97 Å². The van der Waals surface area contributed by atoms with Gasteiger partial charge in [0.1, 0.15) is 6.61 Å². The molecule has 1 aromatic heterocycles. The van der Waals surface area contributed by atoms with Crippen LogP contribution in [0.3, 0.4) is 0 Å². The Balaban J connectivity index is 1.34. The number of hydrogen-bond donors (Lipinski definition) is 1. The van der Waals surface area contributed by atoms with Crippen molar-refractivity contribution in [1.29, 1.82) is 0 Å². The van der Waals surface area contributed by atoms with Gasteiger partial charge in [-0.1, -0.05) is 49.7 Å². The van der Waals surface area contributed by atoms with E-state index in [1.54, 1.807) is 4.90 Å². The third-order valence-corrected chi connectivity index (χ3v) is 6.85. The van der Waals surface area contributed by atoms with Crippen LogP contribution in [0.1, 0.15) is 49.4 Å². The lowest BCUT2D eigenvalue weighted by atomic mass is 9.96. The predicted molar refractivity (Wildman–Crippen MR) is 132 cm³/mol. The zero-order valence-electron chi connectivity index (χ0n) is 19.2. The summed E-state index contributed by atoms with van der Waals surface area (Å²) in [6, 6.07) is 16.0. The molecule has 2 heterocycles. The fourth-order valence-electron chi connectivity index (χ4n) is 3.92. The van der Waals surface area contributed by atoms with Crippen molar-refractivity contribution in [2.45, 2.75) is 46.1 Å². The summed E-state index contributed by atoms with van der Waals surface area (Å²) in [6.07, 6.45) is 1.16. The van der Waals surface area contributed by atoms with Crippen LogP contribution in [-0.2, 0) is 20.9 Å². The van der Waals surface area contributed by atoms with Crippen molar-refractivity contribution in [3.8, 4) is 0 Å². The van der Waals surface area contributed by atoms with Crippen molar-refractivity contribution in [2.75, 3.05) is 16.8 Å². The van der Waals surface area contributed by atoms with E-state index in [-0.39, 0.29) is 24.9 Å². The number of amides is 1. The molecule has 0 radical (unpaired) electrons. The van der Waals surface area contributed by atoms with Crippen LogP contribution in [0.5, 0.6) is 0 Å². The van der Waals surface area contributed by atoms with Gasteiger partial charge in [-0.2, -0.15) is 0 Å². The van der Waals surface area contributed by atoms with E-state index in [0.717, 1.165) is 28.5 Å². The number of nitrogens with zero attached hydrogens (tertiary/aromatic N) is 2. The van der Waals surface area contributed by atoms with Crippen molar-refractivity contribution in [3.05, 3.63) is 70.7 Å². The minimum absolute atomic E-state index is 0.0362. The zero-order valence-corrected chi connectivity index (χ0v) is 20.0. The molecular weight excluding hydrogens is 434 g/mol. The first-order valence-electron chi connectivity index (χ1n) is 11.3. The van der Waals surface area contributed by atoms with Crippen molar-refractivity contribution >= 4 is 39.7 Å². The summed E-state index contributed by atoms with van der Waals surface area (Å²) < 4.78 is 5.52. The van der Waals surface area contributed by atoms with E-state index in [2.05, 4.69) is 30.2 Å². The Labute approximate surface area is 198 Å². The molecule has 0 saturated carbocycles. The third kappa shape index (κ3) is 5.42. The standard InChI is InChI=1S/C26H29N3O3S/c1-4-18(3)22-7-5-6-8-23(22)29-14-19(13-24(29)30)25(31)32-15-21-16-33-26(28-21)27-20-11-9-17(2)10-12-20/h5-12,16,18-19H,4,13-15H2,1-3H3,(H,27,28)/t18-,19-/m1/s1. The molecule has 1 amide bonds. The van der Waals surface area contributed by atoms with E-state index in [1.807, 2.05) is 54.8 Å². The number of esters is 1. The summed E-state index contributed by atoms with van der Waals surface area (Å²) in [5.41, 5.74) is 4.88. The highest BCUT2D eigenvalue weighted by atomic mass is 32.1. The predicted octanol–water partition coefficient (Wildman–Crippen LogP) is 5.80. The number of carbonyl (C=O) groups excluding carboxylic acids is 2. The Kier molecular flexibility index (Phi) is 7.08. The molecule has 0 spiro atoms. The summed E-state index contributed by atoms with van der Waals surface area (Å²) in [7, 11) is 0. The van der Waals surface area contributed by atoms with Crippen molar-refractivity contribution in [2.24, 2.45) is 5.92 Å². The lowest BCUT2D eigenvalue weighted by molar-refractivity contribution is -0.149. The monoisotopic (exact) mass is 463 g/mol. The molecule has 4 rings (SSSR count). The van der Waals surface area contributed by atoms with Gasteiger partial charge in [0.2, 0.25) is 5.91 Å². The highest BCUT2D eigenvalue weighted by molar-refractivity contribution is 7.13. The van der Waals surface area contributed by atoms with E-state index in [4.69, 9.17) is 4.74 Å². The Morgan fingerprint density at radius 3 is 2.76 bits per heavy atom. The van der Waals surface area contributed by atoms with Gasteiger partial charge in [0.15, 0.2) is 5.13 Å². The van der Waals surface area contributed by atoms with Gasteiger partial charge in [0.05, 0.1) is 11.6 Å². The fraction of sp³-hybridized carbons (Fsp3) is 0.346. The average molecular weight is 464 g/mol. The molecule has 1 fully saturated rings. The summed E-state index contributed by atoms with van der Waals surface area (Å²) in [4.78, 5) is 31.7. The topological polar surface area (TPSA) is 71.5 Å². The number of ether oxygens (including phenoxy) is 1. The van der Waals surface area contributed by atoms with Gasteiger partial charge in [0.25, 0.3) is 0 Å². The van der Waals surface area contributed by atoms with Crippen LogP contribution < -0.4 is 10.2 Å². The molecule has 7 heteroatoms. The number of aromatic nitrogens is 1. The van der Waals surface area contributed by atoms with Crippen LogP contribution in [0.15, 0.2) is 53.9 Å². The molecule has 0 aliphatic carbocycles. The third-order valence-electron chi connectivity index (χ3n) is 6.05. The number of benzene rings is 2. The van der Waals surface area contributed by atoms with Crippen LogP contribution in [0, 0.1) is 12.8 Å². The van der Waals surface area contributed by atoms with E-state index in [1.165, 1.54) is 16.9 Å². The molecule has 0 bridgehead atoms. The molecule has 1 N–H and O–H groups in total. The quantitative estimate of drug-likeness (QED) is 0.427. The van der Waals surface area contributed by atoms with Crippen molar-refractivity contribution in [3.63, 3.8) is 0 Å². The number of carbonyl (C=O) groups is 2. The molecule has 2 aromatic carbocycles. The first-order chi connectivity index (χ1) is 15.9. The van der Waals surface area contributed by atoms with E-state index in [9.17, 15) is 9.59 Å². The Hall–Kier alpha value is -3.19. The molecule has 1 aliphatic heterocycles. The molecule has 1 aliphatic rings. The summed E-state index contributed by atoms with van der Waals surface area (Å²) >= 11 is 1.46. The Morgan fingerprint density at radius 1 is 1.24 bits per heavy atom. The van der Waals surface area contributed by atoms with Crippen LogP contribution in [0.4, 0.5) is 16.5 Å². The van der Waals surface area contributed by atoms with Crippen molar-refractivity contribution < 1.29 is 14.3 Å². The molecule has 3 aromatic rings. The van der Waals surface area contributed by atoms with Gasteiger partial charge in [-0.3, -0.25) is 9.59 Å². The van der Waals surface area contributed by atoms with E-state index >= 15 is 0 Å². The maximum absolute atomic E-state index is 12.7. The van der Waals surface area contributed by atoms with Crippen molar-refractivity contribution in [1.82, 2.24) is 4.98 Å². The van der Waals surface area contributed by atoms with Gasteiger partial charge < -0.3 is 15.0 Å². The lowest BCUT2D eigenvalue weighted by Crippen LogP contribution is -2.27. The van der Waals surface area contributed by atoms with Crippen LogP contribution in [0.2, 0.25) is 0 Å². The van der Waals surface area contributed by atoms with Gasteiger partial charge in [0, 0.05) is 29.7 Å². The number of aryl methyl sites for hydroxylation is 1. The second-order valence-electron chi connectivity index (χ2n) is 8.52. The minimum atomic E-state index is -0.466. The molecule has 1 saturated heterocycles. The highest BCUT2D eigenvalue weighted by Crippen LogP contribution is 2.34. The van der Waals surface area contributed by atoms with E-state index < -0.39 is 5.92 Å². The van der Waals surface area contributed by atoms with E-state index in [0.29, 0.717) is 18.2 Å². The van der Waals surface area contributed by atoms with Crippen LogP contribution in [-0.4, -0.2) is 23.4 Å². The number of hydrogen-bond acceptors (Lipinski definition) is 6. The summed E-state index contributed by atoms with van der Waals surface area (Å²) in [5, 5.41) is 5.88. The number of thiazole rings is 1. The minimum Gasteiger partial charge on any atom is -0.459 e. The van der Waals surface area contributed by atoms with Crippen LogP contribution in [0.25, 0.3) is 0 Å². The van der Waals surface area contributed by atoms with Gasteiger partial charge in [-0.25, -0.2) is 4.98 Å². The SMILES string of the molecule is CC[C@@H](C)c1ccccc1N1C[C@H](C(=O)OCc2csc(Nc3ccc(C)cc3)n2)CC1=O. The second kappa shape index (κ2) is 10.2.